The van der Waals surface area contributed by atoms with Gasteiger partial charge in [0.15, 0.2) is 0 Å². The van der Waals surface area contributed by atoms with Gasteiger partial charge in [0.2, 0.25) is 5.91 Å². The van der Waals surface area contributed by atoms with E-state index in [2.05, 4.69) is 27.8 Å². The maximum atomic E-state index is 11.4. The first-order valence-corrected chi connectivity index (χ1v) is 10.8. The molecule has 1 aromatic heterocycles. The summed E-state index contributed by atoms with van der Waals surface area (Å²) in [4.78, 5) is 24.4. The molecule has 0 spiro atoms. The number of hydrogen-bond donors (Lipinski definition) is 3. The summed E-state index contributed by atoms with van der Waals surface area (Å²) >= 11 is 0. The molecule has 32 heavy (non-hydrogen) atoms. The second-order valence-electron chi connectivity index (χ2n) is 6.30. The van der Waals surface area contributed by atoms with Crippen molar-refractivity contribution in [1.29, 1.82) is 0 Å². The van der Waals surface area contributed by atoms with Crippen LogP contribution < -0.4 is 15.4 Å². The molecule has 0 atom stereocenters. The number of rotatable bonds is 3. The van der Waals surface area contributed by atoms with E-state index in [-0.39, 0.29) is 13.3 Å². The lowest BCUT2D eigenvalue weighted by Gasteiger charge is -2.10. The van der Waals surface area contributed by atoms with Crippen molar-refractivity contribution in [2.24, 2.45) is 0 Å². The number of amides is 1. The Morgan fingerprint density at radius 1 is 1.16 bits per heavy atom. The molecule has 0 saturated carbocycles. The number of benzene rings is 1. The first-order valence-electron chi connectivity index (χ1n) is 10.8. The predicted molar refractivity (Wildman–Crippen MR) is 132 cm³/mol. The van der Waals surface area contributed by atoms with Crippen molar-refractivity contribution in [3.63, 3.8) is 0 Å². The highest BCUT2D eigenvalue weighted by atomic mass is 16.5. The number of carboxylic acid groups (broad SMARTS) is 1. The van der Waals surface area contributed by atoms with Gasteiger partial charge in [-0.15, -0.1) is 0 Å². The number of carboxylic acids is 1. The number of carbonyl (C=O) groups excluding carboxylic acids is 1. The summed E-state index contributed by atoms with van der Waals surface area (Å²) in [5.41, 5.74) is 2.61. The molecule has 7 heteroatoms. The zero-order chi connectivity index (χ0) is 23.5. The van der Waals surface area contributed by atoms with E-state index in [1.807, 2.05) is 52.1 Å². The topological polar surface area (TPSA) is 101 Å². The Labute approximate surface area is 193 Å². The van der Waals surface area contributed by atoms with Crippen molar-refractivity contribution >= 4 is 17.7 Å². The predicted octanol–water partition coefficient (Wildman–Crippen LogP) is 4.96. The van der Waals surface area contributed by atoms with E-state index in [0.717, 1.165) is 44.3 Å². The van der Waals surface area contributed by atoms with Gasteiger partial charge in [0, 0.05) is 33.1 Å². The molecule has 1 aliphatic rings. The van der Waals surface area contributed by atoms with Gasteiger partial charge in [0.25, 0.3) is 5.97 Å². The number of fused-ring (bicyclic) bond motifs is 1. The van der Waals surface area contributed by atoms with Gasteiger partial charge in [-0.3, -0.25) is 9.59 Å². The average molecular weight is 448 g/mol. The third-order valence-electron chi connectivity index (χ3n) is 3.98. The van der Waals surface area contributed by atoms with Crippen LogP contribution in [0.15, 0.2) is 42.6 Å². The fourth-order valence-electron chi connectivity index (χ4n) is 2.69. The fraction of sp³-hybridized carbons (Fsp3) is 0.480. The largest absolute Gasteiger partial charge is 0.494 e. The van der Waals surface area contributed by atoms with Gasteiger partial charge < -0.3 is 20.5 Å². The number of ether oxygens (including phenoxy) is 1. The molecular weight excluding hydrogens is 406 g/mol. The molecular formula is C25H41N3O4. The molecule has 3 rings (SSSR count). The lowest BCUT2D eigenvalue weighted by atomic mass is 9.99. The minimum atomic E-state index is -0.833. The third kappa shape index (κ3) is 14.8. The lowest BCUT2D eigenvalue weighted by molar-refractivity contribution is -0.134. The van der Waals surface area contributed by atoms with Crippen LogP contribution in [-0.4, -0.2) is 42.2 Å². The van der Waals surface area contributed by atoms with E-state index in [0.29, 0.717) is 13.0 Å². The Hall–Kier alpha value is -3.09. The normalized spacial score (nSPS) is 11.7. The lowest BCUT2D eigenvalue weighted by Crippen LogP contribution is -2.23. The summed E-state index contributed by atoms with van der Waals surface area (Å²) < 4.78 is 5.51. The monoisotopic (exact) mass is 447 g/mol. The van der Waals surface area contributed by atoms with E-state index in [1.165, 1.54) is 11.1 Å². The van der Waals surface area contributed by atoms with Crippen LogP contribution in [0.3, 0.4) is 0 Å². The highest BCUT2D eigenvalue weighted by Gasteiger charge is 2.10. The second kappa shape index (κ2) is 19.8. The molecule has 0 saturated heterocycles. The molecule has 2 heterocycles. The first-order chi connectivity index (χ1) is 15.0. The molecule has 0 fully saturated rings. The van der Waals surface area contributed by atoms with E-state index < -0.39 is 5.97 Å². The van der Waals surface area contributed by atoms with Gasteiger partial charge in [-0.1, -0.05) is 33.4 Å². The number of aliphatic carboxylic acids is 1. The van der Waals surface area contributed by atoms with Crippen LogP contribution in [0, 0.1) is 0 Å². The zero-order valence-electron chi connectivity index (χ0n) is 19.4. The summed E-state index contributed by atoms with van der Waals surface area (Å²) in [5, 5.41) is 13.3. The summed E-state index contributed by atoms with van der Waals surface area (Å²) in [6.07, 6.45) is 5.17. The number of anilines is 1. The number of hydrogen-bond acceptors (Lipinski definition) is 5. The maximum Gasteiger partial charge on any atom is 0.300 e. The highest BCUT2D eigenvalue weighted by Crippen LogP contribution is 2.21. The molecule has 7 nitrogen and oxygen atoms in total. The Morgan fingerprint density at radius 2 is 1.84 bits per heavy atom. The average Bonchev–Trinajstić information content (AvgIpc) is 2.86. The van der Waals surface area contributed by atoms with Gasteiger partial charge in [0.05, 0.1) is 6.61 Å². The van der Waals surface area contributed by atoms with Crippen molar-refractivity contribution in [3.05, 3.63) is 53.7 Å². The van der Waals surface area contributed by atoms with Crippen molar-refractivity contribution < 1.29 is 19.4 Å². The Morgan fingerprint density at radius 3 is 2.38 bits per heavy atom. The quantitative estimate of drug-likeness (QED) is 0.615. The van der Waals surface area contributed by atoms with Gasteiger partial charge in [0.1, 0.15) is 11.6 Å². The first kappa shape index (κ1) is 31.1. The molecule has 0 bridgehead atoms. The van der Waals surface area contributed by atoms with Gasteiger partial charge in [-0.05, 0) is 61.6 Å². The van der Waals surface area contributed by atoms with Gasteiger partial charge >= 0.3 is 0 Å². The number of aromatic nitrogens is 1. The summed E-state index contributed by atoms with van der Waals surface area (Å²) in [5.74, 6) is 1.17. The Bertz CT molecular complexity index is 748. The zero-order valence-corrected chi connectivity index (χ0v) is 19.4. The van der Waals surface area contributed by atoms with Crippen LogP contribution in [0.5, 0.6) is 5.75 Å². The SMILES string of the molecule is C.CC.CC(=O)O.CCOc1ccc2c(c1)CCCNC(=O)CC2.CNc1ccccn1. The summed E-state index contributed by atoms with van der Waals surface area (Å²) in [6, 6.07) is 12.0. The van der Waals surface area contributed by atoms with E-state index >= 15 is 0 Å². The summed E-state index contributed by atoms with van der Waals surface area (Å²) in [6.45, 7) is 8.54. The number of nitrogens with zero attached hydrogens (tertiary/aromatic N) is 1. The Kier molecular flexibility index (Phi) is 19.3. The number of aryl methyl sites for hydroxylation is 2. The van der Waals surface area contributed by atoms with Crippen LogP contribution in [0.2, 0.25) is 0 Å². The summed E-state index contributed by atoms with van der Waals surface area (Å²) in [7, 11) is 1.85. The minimum absolute atomic E-state index is 0. The third-order valence-corrected chi connectivity index (χ3v) is 3.98. The van der Waals surface area contributed by atoms with Crippen LogP contribution in [0.4, 0.5) is 5.82 Å². The molecule has 0 radical (unpaired) electrons. The fourth-order valence-corrected chi connectivity index (χ4v) is 2.69. The molecule has 2 aromatic rings. The second-order valence-corrected chi connectivity index (χ2v) is 6.30. The van der Waals surface area contributed by atoms with E-state index in [1.54, 1.807) is 6.20 Å². The van der Waals surface area contributed by atoms with E-state index in [4.69, 9.17) is 14.6 Å². The maximum absolute atomic E-state index is 11.4. The smallest absolute Gasteiger partial charge is 0.300 e. The van der Waals surface area contributed by atoms with Gasteiger partial charge in [-0.25, -0.2) is 4.98 Å². The van der Waals surface area contributed by atoms with E-state index in [9.17, 15) is 4.79 Å². The van der Waals surface area contributed by atoms with Crippen LogP contribution in [0.25, 0.3) is 0 Å². The number of pyridine rings is 1. The van der Waals surface area contributed by atoms with Gasteiger partial charge in [-0.2, -0.15) is 0 Å². The van der Waals surface area contributed by atoms with Crippen molar-refractivity contribution in [1.82, 2.24) is 10.3 Å². The molecule has 1 aromatic carbocycles. The Balaban J connectivity index is 0. The number of nitrogens with one attached hydrogen (secondary N) is 2. The standard InChI is InChI=1S/C14H19NO2.C6H8N2.C2H4O2.C2H6.CH4/c1-2-17-13-7-5-11-6-8-14(16)15-9-3-4-12(11)10-13;1-7-6-4-2-3-5-8-6;1-2(3)4;1-2;/h5,7,10H,2-4,6,8-9H2,1H3,(H,15,16);2-5H,1H3,(H,7,8);1H3,(H,3,4);1-2H3;1H4. The van der Waals surface area contributed by atoms with Crippen LogP contribution in [-0.2, 0) is 22.4 Å². The van der Waals surface area contributed by atoms with Crippen molar-refractivity contribution in [2.45, 2.75) is 60.8 Å². The number of carbonyl (C=O) groups is 2. The molecule has 3 N–H and O–H groups in total. The molecule has 1 amide bonds. The minimum Gasteiger partial charge on any atom is -0.494 e. The molecule has 1 aliphatic heterocycles. The van der Waals surface area contributed by atoms with Crippen molar-refractivity contribution in [3.8, 4) is 5.75 Å². The van der Waals surface area contributed by atoms with Crippen LogP contribution >= 0.6 is 0 Å². The molecule has 0 unspecified atom stereocenters. The molecule has 180 valence electrons. The highest BCUT2D eigenvalue weighted by molar-refractivity contribution is 5.76. The van der Waals surface area contributed by atoms with Crippen molar-refractivity contribution in [2.75, 3.05) is 25.5 Å². The van der Waals surface area contributed by atoms with Crippen LogP contribution in [0.1, 0.15) is 59.1 Å². The molecule has 0 aliphatic carbocycles.